The average molecular weight is 342 g/mol. The summed E-state index contributed by atoms with van der Waals surface area (Å²) in [5.74, 6) is 0.553. The van der Waals surface area contributed by atoms with E-state index in [4.69, 9.17) is 16.3 Å². The van der Waals surface area contributed by atoms with Gasteiger partial charge in [0.25, 0.3) is 0 Å². The van der Waals surface area contributed by atoms with Crippen molar-refractivity contribution in [1.82, 2.24) is 9.97 Å². The minimum Gasteiger partial charge on any atom is -0.481 e. The molecule has 0 aliphatic heterocycles. The van der Waals surface area contributed by atoms with E-state index in [2.05, 4.69) is 25.9 Å². The van der Waals surface area contributed by atoms with Gasteiger partial charge in [-0.05, 0) is 18.1 Å². The maximum Gasteiger partial charge on any atom is 0.216 e. The number of halogens is 2. The predicted molar refractivity (Wildman–Crippen MR) is 79.8 cm³/mol. The van der Waals surface area contributed by atoms with Gasteiger partial charge in [-0.25, -0.2) is 9.97 Å². The van der Waals surface area contributed by atoms with Crippen molar-refractivity contribution in [3.05, 3.63) is 51.9 Å². The Labute approximate surface area is 126 Å². The molecule has 1 aromatic carbocycles. The summed E-state index contributed by atoms with van der Waals surface area (Å²) in [6, 6.07) is 7.88. The van der Waals surface area contributed by atoms with Crippen molar-refractivity contribution in [2.24, 2.45) is 0 Å². The minimum absolute atomic E-state index is 0.145. The highest BCUT2D eigenvalue weighted by Gasteiger charge is 2.14. The van der Waals surface area contributed by atoms with Crippen molar-refractivity contribution in [2.45, 2.75) is 18.7 Å². The SMILES string of the molecule is COc1cc(CC(Cl)c2cccc(C)c2Br)ncn1. The monoisotopic (exact) mass is 340 g/mol. The number of ether oxygens (including phenoxy) is 1. The second-order valence-electron chi connectivity index (χ2n) is 4.20. The van der Waals surface area contributed by atoms with Crippen LogP contribution in [0.5, 0.6) is 5.88 Å². The third-order valence-corrected chi connectivity index (χ3v) is 4.33. The number of benzene rings is 1. The van der Waals surface area contributed by atoms with Gasteiger partial charge in [0.1, 0.15) is 6.33 Å². The molecular formula is C14H14BrClN2O. The van der Waals surface area contributed by atoms with Crippen LogP contribution in [0.15, 0.2) is 35.1 Å². The second-order valence-corrected chi connectivity index (χ2v) is 5.52. The Hall–Kier alpha value is -1.13. The van der Waals surface area contributed by atoms with Crippen LogP contribution < -0.4 is 4.74 Å². The zero-order chi connectivity index (χ0) is 13.8. The second kappa shape index (κ2) is 6.35. The third-order valence-electron chi connectivity index (χ3n) is 2.86. The Kier molecular flexibility index (Phi) is 4.77. The smallest absolute Gasteiger partial charge is 0.216 e. The molecule has 100 valence electrons. The fourth-order valence-corrected chi connectivity index (χ4v) is 2.82. The molecule has 3 nitrogen and oxygen atoms in total. The lowest BCUT2D eigenvalue weighted by atomic mass is 10.1. The quantitative estimate of drug-likeness (QED) is 0.786. The van der Waals surface area contributed by atoms with E-state index in [1.54, 1.807) is 13.2 Å². The molecule has 2 aromatic rings. The first kappa shape index (κ1) is 14.3. The summed E-state index contributed by atoms with van der Waals surface area (Å²) < 4.78 is 6.13. The van der Waals surface area contributed by atoms with Crippen molar-refractivity contribution < 1.29 is 4.74 Å². The van der Waals surface area contributed by atoms with Crippen LogP contribution in [-0.4, -0.2) is 17.1 Å². The molecule has 0 fully saturated rings. The van der Waals surface area contributed by atoms with E-state index in [-0.39, 0.29) is 5.38 Å². The highest BCUT2D eigenvalue weighted by molar-refractivity contribution is 9.10. The number of nitrogens with zero attached hydrogens (tertiary/aromatic N) is 2. The molecule has 0 bridgehead atoms. The van der Waals surface area contributed by atoms with Gasteiger partial charge < -0.3 is 4.74 Å². The first-order chi connectivity index (χ1) is 9.11. The van der Waals surface area contributed by atoms with Gasteiger partial charge in [0, 0.05) is 22.7 Å². The van der Waals surface area contributed by atoms with Crippen LogP contribution in [0.4, 0.5) is 0 Å². The van der Waals surface area contributed by atoms with E-state index >= 15 is 0 Å². The predicted octanol–water partition coefficient (Wildman–Crippen LogP) is 4.08. The molecule has 0 aliphatic rings. The summed E-state index contributed by atoms with van der Waals surface area (Å²) in [5.41, 5.74) is 3.10. The van der Waals surface area contributed by atoms with Crippen LogP contribution in [0.1, 0.15) is 22.2 Å². The van der Waals surface area contributed by atoms with E-state index in [1.165, 1.54) is 11.9 Å². The van der Waals surface area contributed by atoms with E-state index in [9.17, 15) is 0 Å². The van der Waals surface area contributed by atoms with Crippen LogP contribution in [0.25, 0.3) is 0 Å². The van der Waals surface area contributed by atoms with Gasteiger partial charge in [0.15, 0.2) is 0 Å². The lowest BCUT2D eigenvalue weighted by Crippen LogP contribution is -2.01. The summed E-state index contributed by atoms with van der Waals surface area (Å²) >= 11 is 10.1. The Morgan fingerprint density at radius 1 is 1.37 bits per heavy atom. The van der Waals surface area contributed by atoms with Gasteiger partial charge in [0.05, 0.1) is 12.5 Å². The van der Waals surface area contributed by atoms with Crippen LogP contribution in [-0.2, 0) is 6.42 Å². The molecule has 0 N–H and O–H groups in total. The lowest BCUT2D eigenvalue weighted by Gasteiger charge is -2.13. The molecule has 1 atom stereocenters. The highest BCUT2D eigenvalue weighted by atomic mass is 79.9. The molecule has 0 amide bonds. The van der Waals surface area contributed by atoms with Crippen LogP contribution in [0.2, 0.25) is 0 Å². The van der Waals surface area contributed by atoms with Gasteiger partial charge in [-0.2, -0.15) is 0 Å². The van der Waals surface area contributed by atoms with E-state index in [0.29, 0.717) is 12.3 Å². The summed E-state index contributed by atoms with van der Waals surface area (Å²) in [4.78, 5) is 8.20. The fraction of sp³-hybridized carbons (Fsp3) is 0.286. The summed E-state index contributed by atoms with van der Waals surface area (Å²) in [7, 11) is 1.58. The summed E-state index contributed by atoms with van der Waals surface area (Å²) in [6.07, 6.45) is 2.12. The van der Waals surface area contributed by atoms with Gasteiger partial charge in [-0.15, -0.1) is 11.6 Å². The molecule has 1 heterocycles. The molecule has 0 spiro atoms. The molecule has 0 aliphatic carbocycles. The zero-order valence-corrected chi connectivity index (χ0v) is 13.1. The number of aryl methyl sites for hydroxylation is 1. The average Bonchev–Trinajstić information content (AvgIpc) is 2.42. The topological polar surface area (TPSA) is 35.0 Å². The third kappa shape index (κ3) is 3.45. The molecule has 2 rings (SSSR count). The zero-order valence-electron chi connectivity index (χ0n) is 10.7. The summed E-state index contributed by atoms with van der Waals surface area (Å²) in [6.45, 7) is 2.05. The highest BCUT2D eigenvalue weighted by Crippen LogP contribution is 2.32. The first-order valence-electron chi connectivity index (χ1n) is 5.86. The molecule has 0 radical (unpaired) electrons. The largest absolute Gasteiger partial charge is 0.481 e. The minimum atomic E-state index is -0.145. The van der Waals surface area contributed by atoms with E-state index < -0.39 is 0 Å². The fourth-order valence-electron chi connectivity index (χ4n) is 1.81. The number of hydrogen-bond donors (Lipinski definition) is 0. The maximum atomic E-state index is 6.48. The molecule has 1 aromatic heterocycles. The Morgan fingerprint density at radius 2 is 2.16 bits per heavy atom. The van der Waals surface area contributed by atoms with Crippen LogP contribution in [0, 0.1) is 6.92 Å². The number of hydrogen-bond acceptors (Lipinski definition) is 3. The van der Waals surface area contributed by atoms with E-state index in [1.807, 2.05) is 25.1 Å². The van der Waals surface area contributed by atoms with Gasteiger partial charge in [0.2, 0.25) is 5.88 Å². The molecule has 0 saturated carbocycles. The van der Waals surface area contributed by atoms with Crippen LogP contribution in [0.3, 0.4) is 0 Å². The van der Waals surface area contributed by atoms with Crippen molar-refractivity contribution in [1.29, 1.82) is 0 Å². The maximum absolute atomic E-state index is 6.48. The van der Waals surface area contributed by atoms with Crippen molar-refractivity contribution in [3.63, 3.8) is 0 Å². The molecule has 0 saturated heterocycles. The Balaban J connectivity index is 2.20. The summed E-state index contributed by atoms with van der Waals surface area (Å²) in [5, 5.41) is -0.145. The molecule has 1 unspecified atom stereocenters. The lowest BCUT2D eigenvalue weighted by molar-refractivity contribution is 0.396. The number of aromatic nitrogens is 2. The van der Waals surface area contributed by atoms with Gasteiger partial charge in [-0.1, -0.05) is 34.1 Å². The Bertz CT molecular complexity index is 577. The normalized spacial score (nSPS) is 12.2. The van der Waals surface area contributed by atoms with Crippen LogP contribution >= 0.6 is 27.5 Å². The molecule has 5 heteroatoms. The number of rotatable bonds is 4. The van der Waals surface area contributed by atoms with Crippen molar-refractivity contribution >= 4 is 27.5 Å². The van der Waals surface area contributed by atoms with Crippen molar-refractivity contribution in [3.8, 4) is 5.88 Å². The number of alkyl halides is 1. The first-order valence-corrected chi connectivity index (χ1v) is 7.08. The standard InChI is InChI=1S/C14H14BrClN2O/c1-9-4-3-5-11(14(9)15)12(16)6-10-7-13(19-2)18-8-17-10/h3-5,7-8,12H,6H2,1-2H3. The molecule has 19 heavy (non-hydrogen) atoms. The molecular weight excluding hydrogens is 328 g/mol. The number of methoxy groups -OCH3 is 1. The van der Waals surface area contributed by atoms with Gasteiger partial charge >= 0.3 is 0 Å². The van der Waals surface area contributed by atoms with Gasteiger partial charge in [-0.3, -0.25) is 0 Å². The van der Waals surface area contributed by atoms with Crippen molar-refractivity contribution in [2.75, 3.05) is 7.11 Å². The Morgan fingerprint density at radius 3 is 2.89 bits per heavy atom. The van der Waals surface area contributed by atoms with E-state index in [0.717, 1.165) is 15.7 Å².